The lowest BCUT2D eigenvalue weighted by Gasteiger charge is -2.25. The fourth-order valence-corrected chi connectivity index (χ4v) is 4.35. The number of aryl methyl sites for hydroxylation is 1. The van der Waals surface area contributed by atoms with Gasteiger partial charge in [-0.3, -0.25) is 0 Å². The van der Waals surface area contributed by atoms with Gasteiger partial charge in [0.2, 0.25) is 0 Å². The van der Waals surface area contributed by atoms with Crippen molar-refractivity contribution >= 4 is 11.5 Å². The zero-order chi connectivity index (χ0) is 20.7. The van der Waals surface area contributed by atoms with E-state index in [-0.39, 0.29) is 18.5 Å². The maximum absolute atomic E-state index is 13.6. The first-order valence-electron chi connectivity index (χ1n) is 10.2. The number of nitrogens with zero attached hydrogens (tertiary/aromatic N) is 4. The molecule has 3 heterocycles. The van der Waals surface area contributed by atoms with E-state index in [4.69, 9.17) is 10.1 Å². The maximum Gasteiger partial charge on any atom is 0.166 e. The van der Waals surface area contributed by atoms with Gasteiger partial charge in [-0.1, -0.05) is 30.3 Å². The number of hydrogen-bond donors (Lipinski definition) is 1. The van der Waals surface area contributed by atoms with E-state index in [0.717, 1.165) is 58.9 Å². The molecule has 0 spiro atoms. The lowest BCUT2D eigenvalue weighted by atomic mass is 10.1. The number of anilines is 1. The summed E-state index contributed by atoms with van der Waals surface area (Å²) in [5.74, 6) is 0.543. The van der Waals surface area contributed by atoms with Crippen molar-refractivity contribution in [3.8, 4) is 22.4 Å². The largest absolute Gasteiger partial charge is 0.394 e. The van der Waals surface area contributed by atoms with Crippen molar-refractivity contribution in [2.24, 2.45) is 0 Å². The van der Waals surface area contributed by atoms with Crippen LogP contribution in [-0.2, 0) is 0 Å². The van der Waals surface area contributed by atoms with Gasteiger partial charge < -0.3 is 10.0 Å². The molecule has 1 saturated heterocycles. The average Bonchev–Trinajstić information content (AvgIpc) is 3.37. The summed E-state index contributed by atoms with van der Waals surface area (Å²) in [6.07, 6.45) is 1.97. The molecule has 4 aromatic rings. The van der Waals surface area contributed by atoms with Crippen LogP contribution in [0.4, 0.5) is 10.2 Å². The Kier molecular flexibility index (Phi) is 4.71. The van der Waals surface area contributed by atoms with Gasteiger partial charge in [0.25, 0.3) is 0 Å². The molecule has 0 radical (unpaired) electrons. The zero-order valence-corrected chi connectivity index (χ0v) is 16.8. The van der Waals surface area contributed by atoms with Crippen molar-refractivity contribution in [1.82, 2.24) is 14.6 Å². The van der Waals surface area contributed by atoms with Crippen molar-refractivity contribution < 1.29 is 9.50 Å². The Balaban J connectivity index is 1.78. The van der Waals surface area contributed by atoms with E-state index in [0.29, 0.717) is 0 Å². The zero-order valence-electron chi connectivity index (χ0n) is 16.8. The molecule has 6 heteroatoms. The summed E-state index contributed by atoms with van der Waals surface area (Å²) in [7, 11) is 0. The highest BCUT2D eigenvalue weighted by atomic mass is 19.1. The van der Waals surface area contributed by atoms with Crippen LogP contribution < -0.4 is 4.90 Å². The topological polar surface area (TPSA) is 53.7 Å². The standard InChI is InChI=1S/C24H23FN4O/c1-16-23(18-6-3-2-4-7-18)24-26-22(28-13-5-8-20(28)15-30)14-21(29(24)27-16)17-9-11-19(25)12-10-17/h2-4,6-7,9-12,14,20,30H,5,8,13,15H2,1H3/t20-/m0/s1. The second kappa shape index (κ2) is 7.54. The molecule has 1 aliphatic rings. The van der Waals surface area contributed by atoms with Gasteiger partial charge in [0.05, 0.1) is 24.0 Å². The third-order valence-corrected chi connectivity index (χ3v) is 5.84. The second-order valence-corrected chi connectivity index (χ2v) is 7.74. The number of hydrogen-bond acceptors (Lipinski definition) is 4. The molecule has 1 N–H and O–H groups in total. The summed E-state index contributed by atoms with van der Waals surface area (Å²) in [6, 6.07) is 18.6. The van der Waals surface area contributed by atoms with Crippen LogP contribution in [-0.4, -0.2) is 38.9 Å². The number of rotatable bonds is 4. The van der Waals surface area contributed by atoms with Crippen molar-refractivity contribution in [2.45, 2.75) is 25.8 Å². The van der Waals surface area contributed by atoms with Crippen molar-refractivity contribution in [1.29, 1.82) is 0 Å². The minimum Gasteiger partial charge on any atom is -0.394 e. The average molecular weight is 402 g/mol. The SMILES string of the molecule is Cc1nn2c(-c3ccc(F)cc3)cc(N3CCC[C@H]3CO)nc2c1-c1ccccc1. The van der Waals surface area contributed by atoms with Gasteiger partial charge in [-0.25, -0.2) is 13.9 Å². The van der Waals surface area contributed by atoms with Gasteiger partial charge in [-0.05, 0) is 49.6 Å². The lowest BCUT2D eigenvalue weighted by Crippen LogP contribution is -2.32. The molecule has 0 saturated carbocycles. The van der Waals surface area contributed by atoms with Crippen LogP contribution in [0.15, 0.2) is 60.7 Å². The number of aromatic nitrogens is 3. The summed E-state index contributed by atoms with van der Waals surface area (Å²) in [4.78, 5) is 7.17. The second-order valence-electron chi connectivity index (χ2n) is 7.74. The number of fused-ring (bicyclic) bond motifs is 1. The summed E-state index contributed by atoms with van der Waals surface area (Å²) in [5.41, 5.74) is 5.41. The number of benzene rings is 2. The Bertz CT molecular complexity index is 1190. The molecule has 0 aliphatic carbocycles. The molecule has 2 aromatic heterocycles. The Morgan fingerprint density at radius 3 is 2.57 bits per heavy atom. The van der Waals surface area contributed by atoms with E-state index in [1.165, 1.54) is 12.1 Å². The first-order valence-corrected chi connectivity index (χ1v) is 10.2. The van der Waals surface area contributed by atoms with E-state index in [9.17, 15) is 9.50 Å². The molecule has 0 amide bonds. The molecule has 1 fully saturated rings. The lowest BCUT2D eigenvalue weighted by molar-refractivity contribution is 0.266. The predicted octanol–water partition coefficient (Wildman–Crippen LogP) is 4.47. The molecule has 5 rings (SSSR count). The van der Waals surface area contributed by atoms with Gasteiger partial charge in [0.1, 0.15) is 11.6 Å². The van der Waals surface area contributed by atoms with Crippen LogP contribution in [0.3, 0.4) is 0 Å². The maximum atomic E-state index is 13.6. The monoisotopic (exact) mass is 402 g/mol. The summed E-state index contributed by atoms with van der Waals surface area (Å²) < 4.78 is 15.4. The van der Waals surface area contributed by atoms with E-state index in [1.54, 1.807) is 12.1 Å². The minimum atomic E-state index is -0.272. The van der Waals surface area contributed by atoms with Crippen LogP contribution in [0.5, 0.6) is 0 Å². The first kappa shape index (κ1) is 18.8. The van der Waals surface area contributed by atoms with Crippen molar-refractivity contribution in [2.75, 3.05) is 18.1 Å². The number of aliphatic hydroxyl groups is 1. The Morgan fingerprint density at radius 2 is 1.83 bits per heavy atom. The van der Waals surface area contributed by atoms with Crippen LogP contribution in [0, 0.1) is 12.7 Å². The molecular weight excluding hydrogens is 379 g/mol. The van der Waals surface area contributed by atoms with E-state index in [2.05, 4.69) is 17.0 Å². The molecular formula is C24H23FN4O. The van der Waals surface area contributed by atoms with Crippen LogP contribution in [0.1, 0.15) is 18.5 Å². The highest BCUT2D eigenvalue weighted by molar-refractivity contribution is 5.83. The van der Waals surface area contributed by atoms with Crippen molar-refractivity contribution in [3.63, 3.8) is 0 Å². The van der Waals surface area contributed by atoms with Gasteiger partial charge >= 0.3 is 0 Å². The molecule has 2 aromatic carbocycles. The Morgan fingerprint density at radius 1 is 1.07 bits per heavy atom. The smallest absolute Gasteiger partial charge is 0.166 e. The molecule has 0 bridgehead atoms. The van der Waals surface area contributed by atoms with Gasteiger partial charge in [0, 0.05) is 23.7 Å². The molecule has 0 unspecified atom stereocenters. The van der Waals surface area contributed by atoms with E-state index in [1.807, 2.05) is 35.7 Å². The van der Waals surface area contributed by atoms with Crippen LogP contribution in [0.2, 0.25) is 0 Å². The fraction of sp³-hybridized carbons (Fsp3) is 0.250. The minimum absolute atomic E-state index is 0.0604. The van der Waals surface area contributed by atoms with E-state index < -0.39 is 0 Å². The Hall–Kier alpha value is -3.25. The van der Waals surface area contributed by atoms with Gasteiger partial charge in [0.15, 0.2) is 5.65 Å². The van der Waals surface area contributed by atoms with Gasteiger partial charge in [-0.2, -0.15) is 5.10 Å². The first-order chi connectivity index (χ1) is 14.7. The molecule has 5 nitrogen and oxygen atoms in total. The number of aliphatic hydroxyl groups excluding tert-OH is 1. The summed E-state index contributed by atoms with van der Waals surface area (Å²) >= 11 is 0. The van der Waals surface area contributed by atoms with Gasteiger partial charge in [-0.15, -0.1) is 0 Å². The van der Waals surface area contributed by atoms with Crippen LogP contribution >= 0.6 is 0 Å². The molecule has 152 valence electrons. The molecule has 30 heavy (non-hydrogen) atoms. The molecule has 1 aliphatic heterocycles. The third-order valence-electron chi connectivity index (χ3n) is 5.84. The predicted molar refractivity (Wildman–Crippen MR) is 116 cm³/mol. The fourth-order valence-electron chi connectivity index (χ4n) is 4.35. The molecule has 1 atom stereocenters. The van der Waals surface area contributed by atoms with E-state index >= 15 is 0 Å². The normalized spacial score (nSPS) is 16.5. The quantitative estimate of drug-likeness (QED) is 0.547. The van der Waals surface area contributed by atoms with Crippen molar-refractivity contribution in [3.05, 3.63) is 72.2 Å². The summed E-state index contributed by atoms with van der Waals surface area (Å²) in [5, 5.41) is 14.6. The highest BCUT2D eigenvalue weighted by Gasteiger charge is 2.27. The highest BCUT2D eigenvalue weighted by Crippen LogP contribution is 2.34. The number of halogens is 1. The van der Waals surface area contributed by atoms with Crippen LogP contribution in [0.25, 0.3) is 28.0 Å². The Labute approximate surface area is 174 Å². The third kappa shape index (κ3) is 3.13. The summed E-state index contributed by atoms with van der Waals surface area (Å²) in [6.45, 7) is 2.94.